The lowest BCUT2D eigenvalue weighted by Crippen LogP contribution is -2.41. The second kappa shape index (κ2) is 10.3. The van der Waals surface area contributed by atoms with E-state index in [9.17, 15) is 19.1 Å². The molecular weight excluding hydrogens is 395 g/mol. The first-order chi connectivity index (χ1) is 13.7. The van der Waals surface area contributed by atoms with Crippen LogP contribution in [0.1, 0.15) is 36.8 Å². The van der Waals surface area contributed by atoms with E-state index >= 15 is 0 Å². The van der Waals surface area contributed by atoms with Gasteiger partial charge < -0.3 is 19.3 Å². The second-order valence-corrected chi connectivity index (χ2v) is 7.80. The van der Waals surface area contributed by atoms with Crippen LogP contribution in [0.4, 0.5) is 4.39 Å². The van der Waals surface area contributed by atoms with Crippen molar-refractivity contribution >= 4 is 18.5 Å². The molecule has 2 heterocycles. The Morgan fingerprint density at radius 1 is 1.17 bits per heavy atom. The summed E-state index contributed by atoms with van der Waals surface area (Å²) in [4.78, 5) is 26.2. The van der Waals surface area contributed by atoms with Crippen LogP contribution in [0.5, 0.6) is 11.6 Å². The minimum atomic E-state index is -0.669. The molecule has 0 saturated carbocycles. The van der Waals surface area contributed by atoms with Gasteiger partial charge in [0.2, 0.25) is 5.43 Å². The number of benzene rings is 1. The summed E-state index contributed by atoms with van der Waals surface area (Å²) in [6, 6.07) is 7.00. The van der Waals surface area contributed by atoms with Gasteiger partial charge in [0, 0.05) is 31.5 Å². The molecule has 1 aliphatic rings. The van der Waals surface area contributed by atoms with E-state index in [1.165, 1.54) is 27.7 Å². The van der Waals surface area contributed by atoms with Crippen LogP contribution in [-0.4, -0.2) is 39.4 Å². The summed E-state index contributed by atoms with van der Waals surface area (Å²) in [5.74, 6) is 0.110. The van der Waals surface area contributed by atoms with Gasteiger partial charge in [-0.25, -0.2) is 4.39 Å². The molecule has 3 rings (SSSR count). The summed E-state index contributed by atoms with van der Waals surface area (Å²) in [6.07, 6.45) is 0. The van der Waals surface area contributed by atoms with E-state index in [-0.39, 0.29) is 30.5 Å². The number of hydrogen-bond donors (Lipinski definition) is 2. The number of hydrogen-bond acceptors (Lipinski definition) is 5. The van der Waals surface area contributed by atoms with Gasteiger partial charge in [0.1, 0.15) is 5.82 Å². The molecule has 0 unspecified atom stereocenters. The summed E-state index contributed by atoms with van der Waals surface area (Å²) in [6.45, 7) is 7.79. The Morgan fingerprint density at radius 3 is 2.38 bits per heavy atom. The standard InChI is InChI=1S/C17H17FN2O4S.C4H10/c18-12-3-1-11(2-4-12)10-19-5-6-20-14(24-7-8-25)9-13(21)16(22)15(20)17(19)23;1-4(2)3/h1-4,9,22,25H,5-8,10H2;4H,1-3H3. The van der Waals surface area contributed by atoms with Gasteiger partial charge in [-0.3, -0.25) is 9.59 Å². The fraction of sp³-hybridized carbons (Fsp3) is 0.429. The molecule has 1 aromatic heterocycles. The molecule has 2 aromatic rings. The maximum absolute atomic E-state index is 13.0. The minimum absolute atomic E-state index is 0.0879. The van der Waals surface area contributed by atoms with Crippen LogP contribution in [0, 0.1) is 11.7 Å². The maximum atomic E-state index is 13.0. The largest absolute Gasteiger partial charge is 0.503 e. The number of halogens is 1. The first-order valence-electron chi connectivity index (χ1n) is 9.48. The van der Waals surface area contributed by atoms with E-state index in [2.05, 4.69) is 33.4 Å². The highest BCUT2D eigenvalue weighted by atomic mass is 32.1. The van der Waals surface area contributed by atoms with Crippen molar-refractivity contribution in [3.8, 4) is 11.6 Å². The maximum Gasteiger partial charge on any atom is 0.274 e. The van der Waals surface area contributed by atoms with Crippen molar-refractivity contribution in [2.24, 2.45) is 5.92 Å². The molecule has 29 heavy (non-hydrogen) atoms. The lowest BCUT2D eigenvalue weighted by Gasteiger charge is -2.31. The van der Waals surface area contributed by atoms with Gasteiger partial charge in [-0.15, -0.1) is 0 Å². The van der Waals surface area contributed by atoms with Crippen molar-refractivity contribution in [1.29, 1.82) is 0 Å². The monoisotopic (exact) mass is 422 g/mol. The molecule has 1 aromatic carbocycles. The summed E-state index contributed by atoms with van der Waals surface area (Å²) in [5, 5.41) is 10.1. The number of fused-ring (bicyclic) bond motifs is 1. The van der Waals surface area contributed by atoms with Crippen LogP contribution >= 0.6 is 12.6 Å². The highest BCUT2D eigenvalue weighted by Gasteiger charge is 2.30. The highest BCUT2D eigenvalue weighted by Crippen LogP contribution is 2.26. The normalized spacial score (nSPS) is 13.0. The molecule has 0 saturated heterocycles. The molecule has 0 aliphatic carbocycles. The number of aromatic hydroxyl groups is 1. The Bertz CT molecular complexity index is 894. The summed E-state index contributed by atoms with van der Waals surface area (Å²) >= 11 is 4.05. The number of amides is 1. The van der Waals surface area contributed by atoms with Crippen molar-refractivity contribution in [3.63, 3.8) is 0 Å². The number of nitrogens with zero attached hydrogens (tertiary/aromatic N) is 2. The molecule has 0 atom stereocenters. The Kier molecular flexibility index (Phi) is 8.13. The molecule has 0 spiro atoms. The predicted molar refractivity (Wildman–Crippen MR) is 113 cm³/mol. The van der Waals surface area contributed by atoms with Crippen LogP contribution in [0.15, 0.2) is 35.1 Å². The minimum Gasteiger partial charge on any atom is -0.503 e. The van der Waals surface area contributed by atoms with Gasteiger partial charge >= 0.3 is 0 Å². The number of carbonyl (C=O) groups is 1. The average Bonchev–Trinajstić information content (AvgIpc) is 2.66. The Balaban J connectivity index is 0.000000687. The van der Waals surface area contributed by atoms with E-state index in [1.54, 1.807) is 12.1 Å². The second-order valence-electron chi connectivity index (χ2n) is 7.35. The fourth-order valence-electron chi connectivity index (χ4n) is 2.75. The SMILES string of the molecule is CC(C)C.O=C1c2c(O)c(=O)cc(OCCS)n2CCN1Cc1ccc(F)cc1. The van der Waals surface area contributed by atoms with Gasteiger partial charge in [-0.1, -0.05) is 32.9 Å². The van der Waals surface area contributed by atoms with Crippen molar-refractivity contribution in [3.05, 3.63) is 57.6 Å². The number of carbonyl (C=O) groups excluding carboxylic acids is 1. The molecule has 6 nitrogen and oxygen atoms in total. The van der Waals surface area contributed by atoms with E-state index in [0.29, 0.717) is 18.8 Å². The quantitative estimate of drug-likeness (QED) is 0.725. The smallest absolute Gasteiger partial charge is 0.274 e. The third-order valence-electron chi connectivity index (χ3n) is 3.96. The molecule has 0 radical (unpaired) electrons. The summed E-state index contributed by atoms with van der Waals surface area (Å²) < 4.78 is 20.0. The van der Waals surface area contributed by atoms with Crippen LogP contribution in [-0.2, 0) is 13.1 Å². The Hall–Kier alpha value is -2.48. The molecular formula is C21H27FN2O4S. The number of ether oxygens (including phenoxy) is 1. The van der Waals surface area contributed by atoms with Crippen LogP contribution < -0.4 is 10.2 Å². The van der Waals surface area contributed by atoms with Crippen LogP contribution in [0.3, 0.4) is 0 Å². The van der Waals surface area contributed by atoms with Gasteiger partial charge in [0.15, 0.2) is 17.3 Å². The molecule has 1 amide bonds. The van der Waals surface area contributed by atoms with E-state index < -0.39 is 17.1 Å². The summed E-state index contributed by atoms with van der Waals surface area (Å²) in [7, 11) is 0. The van der Waals surface area contributed by atoms with Crippen LogP contribution in [0.2, 0.25) is 0 Å². The van der Waals surface area contributed by atoms with Gasteiger partial charge in [0.25, 0.3) is 5.91 Å². The lowest BCUT2D eigenvalue weighted by atomic mass is 10.1. The van der Waals surface area contributed by atoms with Gasteiger partial charge in [-0.2, -0.15) is 12.6 Å². The van der Waals surface area contributed by atoms with E-state index in [0.717, 1.165) is 11.5 Å². The van der Waals surface area contributed by atoms with Crippen molar-refractivity contribution < 1.29 is 19.0 Å². The molecule has 1 aliphatic heterocycles. The molecule has 158 valence electrons. The predicted octanol–water partition coefficient (Wildman–Crippen LogP) is 3.32. The van der Waals surface area contributed by atoms with Crippen molar-refractivity contribution in [1.82, 2.24) is 9.47 Å². The number of aromatic nitrogens is 1. The number of thiol groups is 1. The van der Waals surface area contributed by atoms with E-state index in [4.69, 9.17) is 4.74 Å². The molecule has 0 bridgehead atoms. The summed E-state index contributed by atoms with van der Waals surface area (Å²) in [5.41, 5.74) is -0.0000577. The zero-order valence-electron chi connectivity index (χ0n) is 16.9. The van der Waals surface area contributed by atoms with E-state index in [1.807, 2.05) is 0 Å². The molecule has 0 fully saturated rings. The topological polar surface area (TPSA) is 71.8 Å². The third kappa shape index (κ3) is 6.00. The van der Waals surface area contributed by atoms with Crippen molar-refractivity contribution in [2.75, 3.05) is 18.9 Å². The Morgan fingerprint density at radius 2 is 1.79 bits per heavy atom. The first-order valence-corrected chi connectivity index (χ1v) is 10.1. The highest BCUT2D eigenvalue weighted by molar-refractivity contribution is 7.80. The third-order valence-corrected chi connectivity index (χ3v) is 4.14. The zero-order chi connectivity index (χ0) is 21.6. The number of rotatable bonds is 5. The first kappa shape index (κ1) is 22.8. The molecule has 8 heteroatoms. The zero-order valence-corrected chi connectivity index (χ0v) is 17.8. The molecule has 1 N–H and O–H groups in total. The van der Waals surface area contributed by atoms with Gasteiger partial charge in [-0.05, 0) is 23.6 Å². The number of pyridine rings is 1. The van der Waals surface area contributed by atoms with Crippen molar-refractivity contribution in [2.45, 2.75) is 33.9 Å². The average molecular weight is 423 g/mol. The van der Waals surface area contributed by atoms with Gasteiger partial charge in [0.05, 0.1) is 6.61 Å². The Labute approximate surface area is 175 Å². The fourth-order valence-corrected chi connectivity index (χ4v) is 2.85. The lowest BCUT2D eigenvalue weighted by molar-refractivity contribution is 0.0675. The van der Waals surface area contributed by atoms with Crippen LogP contribution in [0.25, 0.3) is 0 Å².